The zero-order valence-electron chi connectivity index (χ0n) is 29.7. The fraction of sp³-hybridized carbons (Fsp3) is 0.947. The Hall–Kier alpha value is 2.93. The molecule has 10 saturated carbocycles. The maximum atomic E-state index is 4.93. The van der Waals surface area contributed by atoms with Crippen molar-refractivity contribution in [3.63, 3.8) is 0 Å². The summed E-state index contributed by atoms with van der Waals surface area (Å²) >= 11 is -1.65. The van der Waals surface area contributed by atoms with Gasteiger partial charge in [-0.15, -0.1) is 0 Å². The Balaban J connectivity index is 0.000000163. The first-order chi connectivity index (χ1) is 20.7. The standard InChI is InChI=1S/C14H24.C14H22.2C5H10.4ClH.2Zr/c2*1-13(2)10-7-5-6-9(10)11-8-12(13)14(11,3)4;2*1-2-4-5-3-1;;;;;;/h9-12H,5-8H2,1-4H3;6,10-12H,5,7-8H2,1-4H3;2*1-5H2;4*1H;;/q;;;;;;;;2*+2/p-4. The Morgan fingerprint density at radius 2 is 0.909 bits per heavy atom. The van der Waals surface area contributed by atoms with E-state index in [0.29, 0.717) is 21.7 Å². The predicted molar refractivity (Wildman–Crippen MR) is 189 cm³/mol. The van der Waals surface area contributed by atoms with Crippen LogP contribution < -0.4 is 0 Å². The molecule has 10 aliphatic carbocycles. The molecule has 44 heavy (non-hydrogen) atoms. The normalized spacial score (nSPS) is 38.1. The molecule has 10 fully saturated rings. The van der Waals surface area contributed by atoms with E-state index in [1.165, 1.54) is 103 Å². The molecule has 4 bridgehead atoms. The molecule has 0 aliphatic heterocycles. The van der Waals surface area contributed by atoms with E-state index < -0.39 is 41.7 Å². The molecule has 10 aliphatic rings. The van der Waals surface area contributed by atoms with Crippen LogP contribution in [0.1, 0.15) is 165 Å². The second-order valence-electron chi connectivity index (χ2n) is 17.7. The van der Waals surface area contributed by atoms with Crippen LogP contribution in [0.25, 0.3) is 0 Å². The van der Waals surface area contributed by atoms with Gasteiger partial charge in [-0.3, -0.25) is 0 Å². The van der Waals surface area contributed by atoms with Gasteiger partial charge in [0.1, 0.15) is 0 Å². The summed E-state index contributed by atoms with van der Waals surface area (Å²) in [6.45, 7) is 20.2. The first-order valence-electron chi connectivity index (χ1n) is 18.4. The summed E-state index contributed by atoms with van der Waals surface area (Å²) in [5, 5.41) is 0. The molecule has 7 unspecified atom stereocenters. The van der Waals surface area contributed by atoms with Crippen LogP contribution >= 0.6 is 34.1 Å². The van der Waals surface area contributed by atoms with Crippen LogP contribution in [0.3, 0.4) is 0 Å². The zero-order chi connectivity index (χ0) is 32.8. The van der Waals surface area contributed by atoms with Crippen molar-refractivity contribution >= 4 is 34.1 Å². The molecule has 0 N–H and O–H groups in total. The summed E-state index contributed by atoms with van der Waals surface area (Å²) in [7, 11) is 19.7. The second kappa shape index (κ2) is 18.4. The van der Waals surface area contributed by atoms with Crippen molar-refractivity contribution in [2.24, 2.45) is 63.1 Å². The van der Waals surface area contributed by atoms with Crippen LogP contribution in [0.15, 0.2) is 0 Å². The molecule has 0 aromatic heterocycles. The van der Waals surface area contributed by atoms with E-state index in [4.69, 9.17) is 34.1 Å². The van der Waals surface area contributed by atoms with Gasteiger partial charge >= 0.3 is 75.7 Å². The van der Waals surface area contributed by atoms with Gasteiger partial charge in [0.15, 0.2) is 0 Å². The van der Waals surface area contributed by atoms with Crippen LogP contribution in [0.4, 0.5) is 0 Å². The van der Waals surface area contributed by atoms with Gasteiger partial charge in [0.2, 0.25) is 0 Å². The Kier molecular flexibility index (Phi) is 17.3. The minimum atomic E-state index is -0.826. The van der Waals surface area contributed by atoms with Crippen molar-refractivity contribution in [2.75, 3.05) is 0 Å². The molecule has 0 amide bonds. The van der Waals surface area contributed by atoms with Gasteiger partial charge in [-0.1, -0.05) is 126 Å². The van der Waals surface area contributed by atoms with Crippen molar-refractivity contribution in [1.29, 1.82) is 0 Å². The van der Waals surface area contributed by atoms with Gasteiger partial charge < -0.3 is 0 Å². The quantitative estimate of drug-likeness (QED) is 0.228. The molecule has 10 rings (SSSR count). The topological polar surface area (TPSA) is 0 Å². The van der Waals surface area contributed by atoms with E-state index in [0.717, 1.165) is 41.4 Å². The molecule has 0 aromatic carbocycles. The third kappa shape index (κ3) is 9.23. The van der Waals surface area contributed by atoms with E-state index >= 15 is 0 Å². The van der Waals surface area contributed by atoms with Gasteiger partial charge in [0.05, 0.1) is 0 Å². The van der Waals surface area contributed by atoms with Crippen molar-refractivity contribution in [3.05, 3.63) is 12.3 Å². The third-order valence-corrected chi connectivity index (χ3v) is 14.5. The van der Waals surface area contributed by atoms with E-state index in [1.54, 1.807) is 6.42 Å². The Labute approximate surface area is 312 Å². The monoisotopic (exact) mass is 842 g/mol. The number of rotatable bonds is 0. The van der Waals surface area contributed by atoms with Crippen molar-refractivity contribution in [1.82, 2.24) is 0 Å². The third-order valence-electron chi connectivity index (χ3n) is 14.5. The van der Waals surface area contributed by atoms with Crippen molar-refractivity contribution in [2.45, 2.75) is 165 Å². The average Bonchev–Trinajstić information content (AvgIpc) is 3.78. The molecule has 7 atom stereocenters. The molecule has 0 spiro atoms. The van der Waals surface area contributed by atoms with Gasteiger partial charge in [-0.05, 0) is 114 Å². The average molecular weight is 847 g/mol. The molecule has 2 radical (unpaired) electrons. The number of halogens is 4. The van der Waals surface area contributed by atoms with Crippen LogP contribution in [0, 0.1) is 75.4 Å². The van der Waals surface area contributed by atoms with Crippen molar-refractivity contribution < 1.29 is 41.7 Å². The summed E-state index contributed by atoms with van der Waals surface area (Å²) in [4.78, 5) is 0. The fourth-order valence-electron chi connectivity index (χ4n) is 12.3. The molecule has 6 heteroatoms. The van der Waals surface area contributed by atoms with E-state index in [-0.39, 0.29) is 0 Å². The van der Waals surface area contributed by atoms with E-state index in [9.17, 15) is 0 Å². The van der Waals surface area contributed by atoms with E-state index in [1.807, 2.05) is 5.92 Å². The minimum absolute atomic E-state index is 0.570. The van der Waals surface area contributed by atoms with Gasteiger partial charge in [-0.25, -0.2) is 0 Å². The Morgan fingerprint density at radius 1 is 0.500 bits per heavy atom. The zero-order valence-corrected chi connectivity index (χ0v) is 37.6. The van der Waals surface area contributed by atoms with Crippen LogP contribution in [-0.2, 0) is 41.7 Å². The van der Waals surface area contributed by atoms with Gasteiger partial charge in [-0.2, -0.15) is 0 Å². The summed E-state index contributed by atoms with van der Waals surface area (Å²) < 4.78 is 0. The van der Waals surface area contributed by atoms with E-state index in [2.05, 4.69) is 61.8 Å². The Bertz CT molecular complexity index is 743. The first kappa shape index (κ1) is 41.3. The predicted octanol–water partition coefficient (Wildman–Crippen LogP) is 14.6. The maximum absolute atomic E-state index is 4.93. The van der Waals surface area contributed by atoms with Crippen LogP contribution in [-0.4, -0.2) is 0 Å². The summed E-state index contributed by atoms with van der Waals surface area (Å²) in [6.07, 6.45) is 27.9. The van der Waals surface area contributed by atoms with Crippen molar-refractivity contribution in [3.8, 4) is 0 Å². The van der Waals surface area contributed by atoms with Gasteiger partial charge in [0, 0.05) is 0 Å². The molecular formula is C38H66Cl4Zr2. The summed E-state index contributed by atoms with van der Waals surface area (Å²) in [6, 6.07) is 0. The molecule has 254 valence electrons. The summed E-state index contributed by atoms with van der Waals surface area (Å²) in [5.41, 5.74) is 2.46. The molecular weight excluding hydrogens is 781 g/mol. The number of hydrogen-bond donors (Lipinski definition) is 0. The molecule has 0 nitrogen and oxygen atoms in total. The summed E-state index contributed by atoms with van der Waals surface area (Å²) in [5.74, 6) is 8.92. The first-order valence-corrected chi connectivity index (χ1v) is 31.0. The SMILES string of the molecule is C1CCCC1.C1CCCC1.CC1(C)C2CCCC2C2CC1C2(C)C.CC1(C)C2CC[CH][C]2C2CC1C2(C)C.[Cl][Zr][Cl].[Cl][Zr][Cl]. The van der Waals surface area contributed by atoms with Gasteiger partial charge in [0.25, 0.3) is 0 Å². The van der Waals surface area contributed by atoms with Crippen LogP contribution in [0.2, 0.25) is 0 Å². The second-order valence-corrected chi connectivity index (χ2v) is 25.2. The Morgan fingerprint density at radius 3 is 1.34 bits per heavy atom. The number of hydrogen-bond acceptors (Lipinski definition) is 0. The molecule has 0 aromatic rings. The molecule has 0 saturated heterocycles. The molecule has 0 heterocycles. The van der Waals surface area contributed by atoms with Crippen LogP contribution in [0.5, 0.6) is 0 Å². The fourth-order valence-corrected chi connectivity index (χ4v) is 12.3.